The molecule has 4 nitrogen and oxygen atoms in total. The van der Waals surface area contributed by atoms with Gasteiger partial charge in [0.2, 0.25) is 0 Å². The van der Waals surface area contributed by atoms with E-state index in [1.165, 1.54) is 25.7 Å². The third-order valence-corrected chi connectivity index (χ3v) is 4.91. The van der Waals surface area contributed by atoms with Crippen molar-refractivity contribution in [2.24, 2.45) is 5.92 Å². The number of aliphatic carboxylic acids is 1. The first-order valence-corrected chi connectivity index (χ1v) is 8.66. The Morgan fingerprint density at radius 2 is 1.90 bits per heavy atom. The molecule has 21 heavy (non-hydrogen) atoms. The molecule has 0 bridgehead atoms. The summed E-state index contributed by atoms with van der Waals surface area (Å²) in [4.78, 5) is 14.2. The average molecular weight is 296 g/mol. The van der Waals surface area contributed by atoms with Gasteiger partial charge in [-0.25, -0.2) is 0 Å². The van der Waals surface area contributed by atoms with Gasteiger partial charge in [0.05, 0.1) is 0 Å². The largest absolute Gasteiger partial charge is 0.480 e. The van der Waals surface area contributed by atoms with Crippen molar-refractivity contribution in [1.82, 2.24) is 10.2 Å². The fourth-order valence-corrected chi connectivity index (χ4v) is 3.45. The quantitative estimate of drug-likeness (QED) is 0.687. The topological polar surface area (TPSA) is 52.6 Å². The van der Waals surface area contributed by atoms with Crippen molar-refractivity contribution in [1.29, 1.82) is 0 Å². The van der Waals surface area contributed by atoms with Gasteiger partial charge in [0.1, 0.15) is 5.54 Å². The van der Waals surface area contributed by atoms with Crippen molar-refractivity contribution >= 4 is 5.97 Å². The molecule has 0 spiro atoms. The molecule has 2 N–H and O–H groups in total. The highest BCUT2D eigenvalue weighted by atomic mass is 16.4. The standard InChI is InChI=1S/C17H32N2O2/c1-13(2)12-19(15-6-4-5-7-15)11-10-17(3,16(20)21)18-14-8-9-14/h13-15,18H,4-12H2,1-3H3,(H,20,21). The SMILES string of the molecule is CC(C)CN(CCC(C)(NC1CC1)C(=O)O)C1CCCC1. The van der Waals surface area contributed by atoms with Crippen LogP contribution in [0.25, 0.3) is 0 Å². The second kappa shape index (κ2) is 7.10. The summed E-state index contributed by atoms with van der Waals surface area (Å²) < 4.78 is 0. The van der Waals surface area contributed by atoms with E-state index in [-0.39, 0.29) is 0 Å². The molecule has 2 aliphatic rings. The van der Waals surface area contributed by atoms with Crippen LogP contribution in [0.3, 0.4) is 0 Å². The highest BCUT2D eigenvalue weighted by Gasteiger charge is 2.39. The molecule has 2 rings (SSSR count). The van der Waals surface area contributed by atoms with E-state index in [4.69, 9.17) is 0 Å². The maximum absolute atomic E-state index is 11.7. The number of carbonyl (C=O) groups is 1. The molecule has 1 unspecified atom stereocenters. The van der Waals surface area contributed by atoms with E-state index in [0.717, 1.165) is 25.9 Å². The second-order valence-electron chi connectivity index (χ2n) is 7.63. The summed E-state index contributed by atoms with van der Waals surface area (Å²) in [7, 11) is 0. The Morgan fingerprint density at radius 3 is 2.38 bits per heavy atom. The summed E-state index contributed by atoms with van der Waals surface area (Å²) in [5, 5.41) is 12.9. The van der Waals surface area contributed by atoms with E-state index >= 15 is 0 Å². The summed E-state index contributed by atoms with van der Waals surface area (Å²) in [6.45, 7) is 8.34. The molecule has 0 aromatic heterocycles. The minimum absolute atomic E-state index is 0.427. The fraction of sp³-hybridized carbons (Fsp3) is 0.941. The van der Waals surface area contributed by atoms with Crippen LogP contribution in [-0.2, 0) is 4.79 Å². The Hall–Kier alpha value is -0.610. The molecular weight excluding hydrogens is 264 g/mol. The molecule has 0 heterocycles. The number of rotatable bonds is 9. The molecule has 2 aliphatic carbocycles. The van der Waals surface area contributed by atoms with Crippen LogP contribution in [0, 0.1) is 5.92 Å². The molecule has 0 aromatic carbocycles. The molecule has 122 valence electrons. The van der Waals surface area contributed by atoms with Gasteiger partial charge in [0.15, 0.2) is 0 Å². The van der Waals surface area contributed by atoms with Gasteiger partial charge in [-0.15, -0.1) is 0 Å². The predicted octanol–water partition coefficient (Wildman–Crippen LogP) is 2.87. The first-order chi connectivity index (χ1) is 9.90. The zero-order chi connectivity index (χ0) is 15.5. The van der Waals surface area contributed by atoms with E-state index in [1.54, 1.807) is 0 Å². The van der Waals surface area contributed by atoms with Crippen molar-refractivity contribution in [3.63, 3.8) is 0 Å². The average Bonchev–Trinajstić information content (AvgIpc) is 3.04. The van der Waals surface area contributed by atoms with Gasteiger partial charge < -0.3 is 10.0 Å². The lowest BCUT2D eigenvalue weighted by Crippen LogP contribution is -2.53. The van der Waals surface area contributed by atoms with Crippen molar-refractivity contribution in [3.05, 3.63) is 0 Å². The van der Waals surface area contributed by atoms with Gasteiger partial charge in [-0.2, -0.15) is 0 Å². The predicted molar refractivity (Wildman–Crippen MR) is 85.5 cm³/mol. The lowest BCUT2D eigenvalue weighted by Gasteiger charge is -2.34. The third kappa shape index (κ3) is 4.96. The van der Waals surface area contributed by atoms with Crippen molar-refractivity contribution < 1.29 is 9.90 Å². The Labute approximate surface area is 129 Å². The Kier molecular flexibility index (Phi) is 5.67. The van der Waals surface area contributed by atoms with Crippen LogP contribution < -0.4 is 5.32 Å². The number of carboxylic acids is 1. The third-order valence-electron chi connectivity index (χ3n) is 4.91. The number of nitrogens with one attached hydrogen (secondary N) is 1. The zero-order valence-electron chi connectivity index (χ0n) is 13.9. The van der Waals surface area contributed by atoms with Crippen molar-refractivity contribution in [2.45, 2.75) is 83.3 Å². The second-order valence-corrected chi connectivity index (χ2v) is 7.63. The summed E-state index contributed by atoms with van der Waals surface area (Å²) >= 11 is 0. The Balaban J connectivity index is 1.92. The maximum atomic E-state index is 11.7. The first kappa shape index (κ1) is 16.8. The molecule has 0 radical (unpaired) electrons. The zero-order valence-corrected chi connectivity index (χ0v) is 13.9. The van der Waals surface area contributed by atoms with Crippen molar-refractivity contribution in [2.75, 3.05) is 13.1 Å². The summed E-state index contributed by atoms with van der Waals surface area (Å²) in [5.41, 5.74) is -0.769. The summed E-state index contributed by atoms with van der Waals surface area (Å²) in [6, 6.07) is 1.10. The monoisotopic (exact) mass is 296 g/mol. The van der Waals surface area contributed by atoms with Crippen LogP contribution >= 0.6 is 0 Å². The normalized spacial score (nSPS) is 22.9. The van der Waals surface area contributed by atoms with E-state index in [2.05, 4.69) is 24.1 Å². The molecule has 0 amide bonds. The van der Waals surface area contributed by atoms with E-state index in [9.17, 15) is 9.90 Å². The molecule has 0 saturated heterocycles. The first-order valence-electron chi connectivity index (χ1n) is 8.66. The Morgan fingerprint density at radius 1 is 1.29 bits per heavy atom. The summed E-state index contributed by atoms with van der Waals surface area (Å²) in [5.74, 6) is -0.0663. The molecule has 1 atom stereocenters. The van der Waals surface area contributed by atoms with Crippen LogP contribution in [0.5, 0.6) is 0 Å². The van der Waals surface area contributed by atoms with Crippen LogP contribution in [0.1, 0.15) is 65.7 Å². The van der Waals surface area contributed by atoms with Crippen LogP contribution in [0.15, 0.2) is 0 Å². The molecule has 4 heteroatoms. The van der Waals surface area contributed by atoms with Gasteiger partial charge in [-0.05, 0) is 44.9 Å². The minimum Gasteiger partial charge on any atom is -0.480 e. The smallest absolute Gasteiger partial charge is 0.323 e. The Bertz CT molecular complexity index is 349. The van der Waals surface area contributed by atoms with E-state index < -0.39 is 11.5 Å². The van der Waals surface area contributed by atoms with Crippen LogP contribution in [-0.4, -0.2) is 46.7 Å². The maximum Gasteiger partial charge on any atom is 0.323 e. The van der Waals surface area contributed by atoms with E-state index in [1.807, 2.05) is 6.92 Å². The molecule has 0 aliphatic heterocycles. The number of hydrogen-bond donors (Lipinski definition) is 2. The van der Waals surface area contributed by atoms with Crippen molar-refractivity contribution in [3.8, 4) is 0 Å². The number of carboxylic acid groups (broad SMARTS) is 1. The highest BCUT2D eigenvalue weighted by molar-refractivity contribution is 5.78. The van der Waals surface area contributed by atoms with Gasteiger partial charge >= 0.3 is 5.97 Å². The molecule has 2 saturated carbocycles. The number of hydrogen-bond acceptors (Lipinski definition) is 3. The van der Waals surface area contributed by atoms with Gasteiger partial charge in [0, 0.05) is 25.2 Å². The highest BCUT2D eigenvalue weighted by Crippen LogP contribution is 2.27. The molecular formula is C17H32N2O2. The minimum atomic E-state index is -0.769. The molecule has 2 fully saturated rings. The van der Waals surface area contributed by atoms with E-state index in [0.29, 0.717) is 24.4 Å². The summed E-state index contributed by atoms with van der Waals surface area (Å²) in [6.07, 6.45) is 8.18. The lowest BCUT2D eigenvalue weighted by molar-refractivity contribution is -0.144. The van der Waals surface area contributed by atoms with Gasteiger partial charge in [-0.1, -0.05) is 26.7 Å². The lowest BCUT2D eigenvalue weighted by atomic mass is 9.96. The fourth-order valence-electron chi connectivity index (χ4n) is 3.45. The number of nitrogens with zero attached hydrogens (tertiary/aromatic N) is 1. The van der Waals surface area contributed by atoms with Crippen LogP contribution in [0.4, 0.5) is 0 Å². The van der Waals surface area contributed by atoms with Crippen LogP contribution in [0.2, 0.25) is 0 Å². The van der Waals surface area contributed by atoms with Gasteiger partial charge in [0.25, 0.3) is 0 Å². The van der Waals surface area contributed by atoms with Gasteiger partial charge in [-0.3, -0.25) is 10.1 Å². The molecule has 0 aromatic rings.